The van der Waals surface area contributed by atoms with E-state index in [2.05, 4.69) is 4.90 Å². The number of nitrogens with two attached hydrogens (primary N) is 1. The van der Waals surface area contributed by atoms with Crippen LogP contribution < -0.4 is 10.6 Å². The van der Waals surface area contributed by atoms with Crippen LogP contribution in [0, 0.1) is 0 Å². The molecule has 0 saturated carbocycles. The van der Waals surface area contributed by atoms with Crippen LogP contribution in [0.1, 0.15) is 6.92 Å². The van der Waals surface area contributed by atoms with Gasteiger partial charge in [-0.1, -0.05) is 11.6 Å². The van der Waals surface area contributed by atoms with Crippen molar-refractivity contribution in [2.75, 3.05) is 31.1 Å². The molecule has 2 N–H and O–H groups in total. The molecule has 0 spiro atoms. The molecule has 1 aromatic rings. The third kappa shape index (κ3) is 2.94. The van der Waals surface area contributed by atoms with Gasteiger partial charge >= 0.3 is 0 Å². The van der Waals surface area contributed by atoms with Crippen LogP contribution in [0.4, 0.5) is 5.69 Å². The molecule has 1 fully saturated rings. The van der Waals surface area contributed by atoms with Gasteiger partial charge in [0.1, 0.15) is 0 Å². The number of halogens is 1. The Hall–Kier alpha value is -1.26. The smallest absolute Gasteiger partial charge is 0.239 e. The molecule has 0 bridgehead atoms. The van der Waals surface area contributed by atoms with Gasteiger partial charge in [-0.05, 0) is 31.2 Å². The zero-order chi connectivity index (χ0) is 13.1. The number of piperazine rings is 1. The van der Waals surface area contributed by atoms with Gasteiger partial charge in [-0.15, -0.1) is 0 Å². The Labute approximate surface area is 112 Å². The molecule has 1 amide bonds. The van der Waals surface area contributed by atoms with Gasteiger partial charge in [-0.25, -0.2) is 0 Å². The summed E-state index contributed by atoms with van der Waals surface area (Å²) in [4.78, 5) is 15.8. The Morgan fingerprint density at radius 2 is 1.78 bits per heavy atom. The minimum atomic E-state index is -0.410. The molecule has 1 aliphatic rings. The van der Waals surface area contributed by atoms with E-state index in [0.29, 0.717) is 0 Å². The second-order valence-electron chi connectivity index (χ2n) is 4.58. The van der Waals surface area contributed by atoms with Crippen LogP contribution in [0.5, 0.6) is 0 Å². The molecule has 0 aliphatic carbocycles. The number of carbonyl (C=O) groups excluding carboxylic acids is 1. The molecule has 0 radical (unpaired) electrons. The maximum atomic E-state index is 11.8. The van der Waals surface area contributed by atoms with Crippen LogP contribution in [-0.4, -0.2) is 43.0 Å². The maximum absolute atomic E-state index is 11.8. The van der Waals surface area contributed by atoms with Gasteiger partial charge in [0.25, 0.3) is 0 Å². The third-order valence-electron chi connectivity index (χ3n) is 3.17. The number of rotatable bonds is 2. The van der Waals surface area contributed by atoms with Gasteiger partial charge < -0.3 is 15.5 Å². The molecule has 1 atom stereocenters. The fourth-order valence-corrected chi connectivity index (χ4v) is 2.25. The highest BCUT2D eigenvalue weighted by Crippen LogP contribution is 2.19. The molecule has 18 heavy (non-hydrogen) atoms. The molecule has 0 aromatic heterocycles. The van der Waals surface area contributed by atoms with Gasteiger partial charge in [0.05, 0.1) is 6.04 Å². The van der Waals surface area contributed by atoms with Gasteiger partial charge in [0.15, 0.2) is 0 Å². The summed E-state index contributed by atoms with van der Waals surface area (Å²) in [6.07, 6.45) is 0. The quantitative estimate of drug-likeness (QED) is 0.880. The molecular weight excluding hydrogens is 250 g/mol. The molecule has 1 saturated heterocycles. The zero-order valence-corrected chi connectivity index (χ0v) is 11.2. The normalized spacial score (nSPS) is 17.7. The summed E-state index contributed by atoms with van der Waals surface area (Å²) >= 11 is 5.86. The molecular formula is C13H18ClN3O. The number of hydrogen-bond donors (Lipinski definition) is 1. The first kappa shape index (κ1) is 13.2. The molecule has 1 aromatic carbocycles. The standard InChI is InChI=1S/C13H18ClN3O/c1-10(15)13(18)17-8-6-16(7-9-17)12-4-2-11(14)3-5-12/h2-5,10H,6-9,15H2,1H3/t10-/m0/s1. The number of hydrogen-bond acceptors (Lipinski definition) is 3. The van der Waals surface area contributed by atoms with Crippen LogP contribution in [0.2, 0.25) is 5.02 Å². The van der Waals surface area contributed by atoms with E-state index >= 15 is 0 Å². The molecule has 0 unspecified atom stereocenters. The second kappa shape index (κ2) is 5.59. The van der Waals surface area contributed by atoms with Gasteiger partial charge in [0, 0.05) is 36.9 Å². The van der Waals surface area contributed by atoms with Crippen molar-refractivity contribution in [1.29, 1.82) is 0 Å². The molecule has 2 rings (SSSR count). The first-order chi connectivity index (χ1) is 8.58. The van der Waals surface area contributed by atoms with E-state index < -0.39 is 6.04 Å². The van der Waals surface area contributed by atoms with E-state index in [-0.39, 0.29) is 5.91 Å². The summed E-state index contributed by atoms with van der Waals surface area (Å²) in [6, 6.07) is 7.37. The lowest BCUT2D eigenvalue weighted by Crippen LogP contribution is -2.52. The van der Waals surface area contributed by atoms with E-state index in [9.17, 15) is 4.79 Å². The molecule has 1 heterocycles. The predicted octanol–water partition coefficient (Wildman–Crippen LogP) is 1.34. The van der Waals surface area contributed by atoms with Crippen LogP contribution in [0.25, 0.3) is 0 Å². The molecule has 1 aliphatic heterocycles. The van der Waals surface area contributed by atoms with Crippen molar-refractivity contribution in [2.24, 2.45) is 5.73 Å². The summed E-state index contributed by atoms with van der Waals surface area (Å²) in [5.41, 5.74) is 6.76. The predicted molar refractivity (Wildman–Crippen MR) is 73.9 cm³/mol. The first-order valence-electron chi connectivity index (χ1n) is 6.13. The largest absolute Gasteiger partial charge is 0.368 e. The van der Waals surface area contributed by atoms with Crippen molar-refractivity contribution in [3.63, 3.8) is 0 Å². The average Bonchev–Trinajstić information content (AvgIpc) is 2.39. The van der Waals surface area contributed by atoms with E-state index in [1.54, 1.807) is 6.92 Å². The van der Waals surface area contributed by atoms with E-state index in [1.165, 1.54) is 0 Å². The Bertz CT molecular complexity index is 411. The zero-order valence-electron chi connectivity index (χ0n) is 10.5. The average molecular weight is 268 g/mol. The Morgan fingerprint density at radius 3 is 2.28 bits per heavy atom. The lowest BCUT2D eigenvalue weighted by atomic mass is 10.2. The van der Waals surface area contributed by atoms with E-state index in [4.69, 9.17) is 17.3 Å². The summed E-state index contributed by atoms with van der Waals surface area (Å²) in [5, 5.41) is 0.740. The fraction of sp³-hybridized carbons (Fsp3) is 0.462. The molecule has 5 heteroatoms. The summed E-state index contributed by atoms with van der Waals surface area (Å²) < 4.78 is 0. The maximum Gasteiger partial charge on any atom is 0.239 e. The van der Waals surface area contributed by atoms with Crippen LogP contribution in [0.15, 0.2) is 24.3 Å². The van der Waals surface area contributed by atoms with Crippen molar-refractivity contribution >= 4 is 23.2 Å². The summed E-state index contributed by atoms with van der Waals surface area (Å²) in [6.45, 7) is 4.85. The number of nitrogens with zero attached hydrogens (tertiary/aromatic N) is 2. The van der Waals surface area contributed by atoms with Gasteiger partial charge in [-0.2, -0.15) is 0 Å². The minimum Gasteiger partial charge on any atom is -0.368 e. The van der Waals surface area contributed by atoms with Gasteiger partial charge in [-0.3, -0.25) is 4.79 Å². The van der Waals surface area contributed by atoms with Crippen LogP contribution in [-0.2, 0) is 4.79 Å². The Morgan fingerprint density at radius 1 is 1.22 bits per heavy atom. The highest BCUT2D eigenvalue weighted by Gasteiger charge is 2.22. The monoisotopic (exact) mass is 267 g/mol. The summed E-state index contributed by atoms with van der Waals surface area (Å²) in [7, 11) is 0. The number of anilines is 1. The lowest BCUT2D eigenvalue weighted by Gasteiger charge is -2.36. The van der Waals surface area contributed by atoms with Crippen LogP contribution in [0.3, 0.4) is 0 Å². The van der Waals surface area contributed by atoms with Crippen molar-refractivity contribution in [3.05, 3.63) is 29.3 Å². The number of amides is 1. The van der Waals surface area contributed by atoms with Crippen LogP contribution >= 0.6 is 11.6 Å². The minimum absolute atomic E-state index is 0.0331. The topological polar surface area (TPSA) is 49.6 Å². The fourth-order valence-electron chi connectivity index (χ4n) is 2.12. The van der Waals surface area contributed by atoms with Crippen molar-refractivity contribution in [2.45, 2.75) is 13.0 Å². The Balaban J connectivity index is 1.94. The second-order valence-corrected chi connectivity index (χ2v) is 5.01. The highest BCUT2D eigenvalue weighted by molar-refractivity contribution is 6.30. The number of benzene rings is 1. The van der Waals surface area contributed by atoms with E-state index in [1.807, 2.05) is 29.2 Å². The van der Waals surface area contributed by atoms with Crippen molar-refractivity contribution in [1.82, 2.24) is 4.90 Å². The molecule has 98 valence electrons. The first-order valence-corrected chi connectivity index (χ1v) is 6.50. The SMILES string of the molecule is C[C@H](N)C(=O)N1CCN(c2ccc(Cl)cc2)CC1. The lowest BCUT2D eigenvalue weighted by molar-refractivity contribution is -0.132. The van der Waals surface area contributed by atoms with Gasteiger partial charge in [0.2, 0.25) is 5.91 Å². The Kier molecular flexibility index (Phi) is 4.09. The number of carbonyl (C=O) groups is 1. The van der Waals surface area contributed by atoms with Crippen molar-refractivity contribution < 1.29 is 4.79 Å². The van der Waals surface area contributed by atoms with E-state index in [0.717, 1.165) is 36.9 Å². The molecule has 4 nitrogen and oxygen atoms in total. The summed E-state index contributed by atoms with van der Waals surface area (Å²) in [5.74, 6) is 0.0331. The highest BCUT2D eigenvalue weighted by atomic mass is 35.5. The van der Waals surface area contributed by atoms with Crippen molar-refractivity contribution in [3.8, 4) is 0 Å². The third-order valence-corrected chi connectivity index (χ3v) is 3.42.